The lowest BCUT2D eigenvalue weighted by Gasteiger charge is -2.22. The number of nitrogens with zero attached hydrogens (tertiary/aromatic N) is 1. The van der Waals surface area contributed by atoms with Crippen molar-refractivity contribution in [2.24, 2.45) is 0 Å². The van der Waals surface area contributed by atoms with Crippen LogP contribution in [-0.4, -0.2) is 30.4 Å². The van der Waals surface area contributed by atoms with E-state index in [-0.39, 0.29) is 11.4 Å². The first-order chi connectivity index (χ1) is 8.62. The van der Waals surface area contributed by atoms with Crippen LogP contribution < -0.4 is 5.32 Å². The molecule has 2 aliphatic rings. The summed E-state index contributed by atoms with van der Waals surface area (Å²) in [4.78, 5) is 14.3. The van der Waals surface area contributed by atoms with Crippen molar-refractivity contribution in [2.75, 3.05) is 19.4 Å². The highest BCUT2D eigenvalue weighted by Crippen LogP contribution is 2.41. The summed E-state index contributed by atoms with van der Waals surface area (Å²) in [5.74, 6) is 0.144. The summed E-state index contributed by atoms with van der Waals surface area (Å²) < 4.78 is 0. The van der Waals surface area contributed by atoms with E-state index in [0.717, 1.165) is 24.9 Å². The highest BCUT2D eigenvalue weighted by molar-refractivity contribution is 6.00. The molecule has 0 aromatic heterocycles. The molecule has 3 heteroatoms. The van der Waals surface area contributed by atoms with Crippen LogP contribution in [0.1, 0.15) is 30.4 Å². The lowest BCUT2D eigenvalue weighted by molar-refractivity contribution is -0.121. The normalized spacial score (nSPS) is 19.7. The second-order valence-electron chi connectivity index (χ2n) is 5.72. The summed E-state index contributed by atoms with van der Waals surface area (Å²) in [6.45, 7) is 0. The minimum atomic E-state index is -0.251. The highest BCUT2D eigenvalue weighted by Gasteiger charge is 2.51. The molecule has 0 atom stereocenters. The Kier molecular flexibility index (Phi) is 2.67. The van der Waals surface area contributed by atoms with Crippen LogP contribution in [0.25, 0.3) is 0 Å². The molecule has 0 spiro atoms. The average molecular weight is 244 g/mol. The van der Waals surface area contributed by atoms with Gasteiger partial charge in [-0.1, -0.05) is 6.07 Å². The summed E-state index contributed by atoms with van der Waals surface area (Å²) in [5, 5.41) is 3.08. The Bertz CT molecular complexity index is 489. The lowest BCUT2D eigenvalue weighted by atomic mass is 10.1. The van der Waals surface area contributed by atoms with Crippen molar-refractivity contribution in [1.29, 1.82) is 0 Å². The molecule has 96 valence electrons. The number of anilines is 1. The van der Waals surface area contributed by atoms with Gasteiger partial charge in [0, 0.05) is 5.69 Å². The molecule has 0 aliphatic heterocycles. The van der Waals surface area contributed by atoms with Gasteiger partial charge in [0.15, 0.2) is 0 Å². The summed E-state index contributed by atoms with van der Waals surface area (Å²) in [6.07, 6.45) is 5.52. The van der Waals surface area contributed by atoms with Crippen LogP contribution >= 0.6 is 0 Å². The standard InChI is InChI=1S/C15H20N2O/c1-17(2)15(8-9-15)14(18)16-13-7-6-11-4-3-5-12(11)10-13/h6-7,10H,3-5,8-9H2,1-2H3,(H,16,18). The second-order valence-corrected chi connectivity index (χ2v) is 5.72. The van der Waals surface area contributed by atoms with Crippen LogP contribution in [0.2, 0.25) is 0 Å². The third-order valence-corrected chi connectivity index (χ3v) is 4.36. The number of amides is 1. The highest BCUT2D eigenvalue weighted by atomic mass is 16.2. The summed E-state index contributed by atoms with van der Waals surface area (Å²) in [5.41, 5.74) is 3.55. The second kappa shape index (κ2) is 4.09. The van der Waals surface area contributed by atoms with Crippen molar-refractivity contribution in [3.63, 3.8) is 0 Å². The van der Waals surface area contributed by atoms with E-state index in [1.807, 2.05) is 25.1 Å². The summed E-state index contributed by atoms with van der Waals surface area (Å²) in [6, 6.07) is 6.34. The smallest absolute Gasteiger partial charge is 0.244 e. The number of benzene rings is 1. The Morgan fingerprint density at radius 1 is 1.22 bits per heavy atom. The average Bonchev–Trinajstić information content (AvgIpc) is 3.03. The Morgan fingerprint density at radius 2 is 1.94 bits per heavy atom. The Balaban J connectivity index is 1.75. The molecule has 0 heterocycles. The van der Waals surface area contributed by atoms with E-state index >= 15 is 0 Å². The van der Waals surface area contributed by atoms with E-state index in [4.69, 9.17) is 0 Å². The topological polar surface area (TPSA) is 32.3 Å². The van der Waals surface area contributed by atoms with Gasteiger partial charge in [-0.15, -0.1) is 0 Å². The predicted octanol–water partition coefficient (Wildman–Crippen LogP) is 2.21. The molecule has 1 fully saturated rings. The van der Waals surface area contributed by atoms with Gasteiger partial charge in [0.05, 0.1) is 0 Å². The number of carbonyl (C=O) groups excluding carboxylic acids is 1. The van der Waals surface area contributed by atoms with Crippen molar-refractivity contribution in [3.8, 4) is 0 Å². The van der Waals surface area contributed by atoms with Crippen molar-refractivity contribution in [3.05, 3.63) is 29.3 Å². The van der Waals surface area contributed by atoms with Gasteiger partial charge in [-0.2, -0.15) is 0 Å². The number of hydrogen-bond acceptors (Lipinski definition) is 2. The molecule has 0 saturated heterocycles. The molecule has 1 amide bonds. The zero-order chi connectivity index (χ0) is 12.8. The molecule has 3 nitrogen and oxygen atoms in total. The Hall–Kier alpha value is -1.35. The fraction of sp³-hybridized carbons (Fsp3) is 0.533. The van der Waals surface area contributed by atoms with Crippen molar-refractivity contribution < 1.29 is 4.79 Å². The molecule has 3 rings (SSSR count). The van der Waals surface area contributed by atoms with Crippen LogP contribution in [0.4, 0.5) is 5.69 Å². The summed E-state index contributed by atoms with van der Waals surface area (Å²) in [7, 11) is 3.96. The van der Waals surface area contributed by atoms with Gasteiger partial charge in [-0.05, 0) is 69.5 Å². The fourth-order valence-corrected chi connectivity index (χ4v) is 2.89. The van der Waals surface area contributed by atoms with Crippen molar-refractivity contribution in [2.45, 2.75) is 37.6 Å². The van der Waals surface area contributed by atoms with Gasteiger partial charge in [-0.25, -0.2) is 0 Å². The lowest BCUT2D eigenvalue weighted by Crippen LogP contribution is -2.42. The number of rotatable bonds is 3. The van der Waals surface area contributed by atoms with Gasteiger partial charge in [0.25, 0.3) is 0 Å². The van der Waals surface area contributed by atoms with Crippen molar-refractivity contribution in [1.82, 2.24) is 4.90 Å². The first-order valence-electron chi connectivity index (χ1n) is 6.72. The zero-order valence-electron chi connectivity index (χ0n) is 11.1. The monoisotopic (exact) mass is 244 g/mol. The van der Waals surface area contributed by atoms with Crippen molar-refractivity contribution >= 4 is 11.6 Å². The van der Waals surface area contributed by atoms with Gasteiger partial charge in [-0.3, -0.25) is 9.69 Å². The molecular weight excluding hydrogens is 224 g/mol. The van der Waals surface area contributed by atoms with Gasteiger partial charge in [0.2, 0.25) is 5.91 Å². The van der Waals surface area contributed by atoms with Crippen LogP contribution in [0.5, 0.6) is 0 Å². The first kappa shape index (κ1) is 11.7. The number of carbonyl (C=O) groups is 1. The fourth-order valence-electron chi connectivity index (χ4n) is 2.89. The Morgan fingerprint density at radius 3 is 2.61 bits per heavy atom. The maximum atomic E-state index is 12.3. The van der Waals surface area contributed by atoms with Crippen LogP contribution in [0.15, 0.2) is 18.2 Å². The predicted molar refractivity (Wildman–Crippen MR) is 72.7 cm³/mol. The molecule has 1 aromatic rings. The summed E-state index contributed by atoms with van der Waals surface area (Å²) >= 11 is 0. The maximum absolute atomic E-state index is 12.3. The molecular formula is C15H20N2O. The molecule has 0 bridgehead atoms. The van der Waals surface area contributed by atoms with Gasteiger partial charge < -0.3 is 5.32 Å². The van der Waals surface area contributed by atoms with Gasteiger partial charge >= 0.3 is 0 Å². The molecule has 18 heavy (non-hydrogen) atoms. The first-order valence-corrected chi connectivity index (χ1v) is 6.72. The number of nitrogens with one attached hydrogen (secondary N) is 1. The quantitative estimate of drug-likeness (QED) is 0.884. The molecule has 1 N–H and O–H groups in total. The SMILES string of the molecule is CN(C)C1(C(=O)Nc2ccc3c(c2)CCC3)CC1. The third-order valence-electron chi connectivity index (χ3n) is 4.36. The molecule has 0 radical (unpaired) electrons. The zero-order valence-corrected chi connectivity index (χ0v) is 11.1. The third kappa shape index (κ3) is 1.83. The largest absolute Gasteiger partial charge is 0.324 e. The minimum Gasteiger partial charge on any atom is -0.324 e. The Labute approximate surface area is 108 Å². The number of aryl methyl sites for hydroxylation is 2. The van der Waals surface area contributed by atoms with Gasteiger partial charge in [0.1, 0.15) is 5.54 Å². The minimum absolute atomic E-state index is 0.144. The van der Waals surface area contributed by atoms with Crippen LogP contribution in [0.3, 0.4) is 0 Å². The van der Waals surface area contributed by atoms with E-state index in [1.165, 1.54) is 24.0 Å². The van der Waals surface area contributed by atoms with Crippen LogP contribution in [-0.2, 0) is 17.6 Å². The molecule has 2 aliphatic carbocycles. The number of likely N-dealkylation sites (N-methyl/N-ethyl adjacent to an activating group) is 1. The number of hydrogen-bond donors (Lipinski definition) is 1. The van der Waals surface area contributed by atoms with E-state index < -0.39 is 0 Å². The molecule has 0 unspecified atom stereocenters. The van der Waals surface area contributed by atoms with E-state index in [0.29, 0.717) is 0 Å². The molecule has 1 saturated carbocycles. The number of fused-ring (bicyclic) bond motifs is 1. The van der Waals surface area contributed by atoms with E-state index in [1.54, 1.807) is 0 Å². The van der Waals surface area contributed by atoms with E-state index in [2.05, 4.69) is 17.4 Å². The van der Waals surface area contributed by atoms with Crippen LogP contribution in [0, 0.1) is 0 Å². The maximum Gasteiger partial charge on any atom is 0.244 e. The van der Waals surface area contributed by atoms with E-state index in [9.17, 15) is 4.79 Å². The molecule has 1 aromatic carbocycles.